The van der Waals surface area contributed by atoms with Gasteiger partial charge in [-0.05, 0) is 30.9 Å². The fourth-order valence-corrected chi connectivity index (χ4v) is 2.77. The fourth-order valence-electron chi connectivity index (χ4n) is 2.77. The van der Waals surface area contributed by atoms with Crippen LogP contribution in [0.1, 0.15) is 31.2 Å². The van der Waals surface area contributed by atoms with Gasteiger partial charge in [-0.2, -0.15) is 13.2 Å². The number of amides is 2. The standard InChI is InChI=1S/C15H17F6N3O2/c16-14(17,18)10-2-1-3-11(7-10)24-13(25)23-8-9-4-5-22-12(6-9)26-15(19,20)21/h4-6,10-11H,1-3,7-8H2,(H2,23,24,25)/t10-,11+/m1/s1. The number of rotatable bonds is 4. The zero-order valence-electron chi connectivity index (χ0n) is 13.5. The summed E-state index contributed by atoms with van der Waals surface area (Å²) in [5.74, 6) is -2.11. The van der Waals surface area contributed by atoms with Gasteiger partial charge in [0.25, 0.3) is 0 Å². The Balaban J connectivity index is 1.82. The molecule has 2 amide bonds. The van der Waals surface area contributed by atoms with Crippen molar-refractivity contribution in [2.45, 2.75) is 50.8 Å². The van der Waals surface area contributed by atoms with Gasteiger partial charge in [-0.15, -0.1) is 13.2 Å². The van der Waals surface area contributed by atoms with Crippen LogP contribution in [0.15, 0.2) is 18.3 Å². The summed E-state index contributed by atoms with van der Waals surface area (Å²) in [6, 6.07) is 1.10. The van der Waals surface area contributed by atoms with Gasteiger partial charge >= 0.3 is 18.6 Å². The molecule has 0 spiro atoms. The SMILES string of the molecule is O=C(NCc1ccnc(OC(F)(F)F)c1)N[C@H]1CCC[C@@H](C(F)(F)F)C1. The topological polar surface area (TPSA) is 63.2 Å². The third kappa shape index (κ3) is 6.60. The molecule has 2 atom stereocenters. The van der Waals surface area contributed by atoms with E-state index in [-0.39, 0.29) is 19.4 Å². The van der Waals surface area contributed by atoms with Gasteiger partial charge in [0.1, 0.15) is 0 Å². The first-order chi connectivity index (χ1) is 12.0. The molecule has 1 fully saturated rings. The summed E-state index contributed by atoms with van der Waals surface area (Å²) in [6.07, 6.45) is -7.42. The number of urea groups is 1. The van der Waals surface area contributed by atoms with Crippen LogP contribution < -0.4 is 15.4 Å². The molecule has 146 valence electrons. The van der Waals surface area contributed by atoms with Crippen LogP contribution in [0.5, 0.6) is 5.88 Å². The van der Waals surface area contributed by atoms with Crippen molar-refractivity contribution < 1.29 is 35.9 Å². The quantitative estimate of drug-likeness (QED) is 0.773. The van der Waals surface area contributed by atoms with Crippen LogP contribution in [-0.4, -0.2) is 29.6 Å². The predicted octanol–water partition coefficient (Wildman–Crippen LogP) is 3.90. The number of hydrogen-bond acceptors (Lipinski definition) is 3. The summed E-state index contributed by atoms with van der Waals surface area (Å²) in [6.45, 7) is -0.127. The second-order valence-electron chi connectivity index (χ2n) is 5.98. The molecule has 0 aliphatic heterocycles. The Morgan fingerprint density at radius 3 is 2.62 bits per heavy atom. The molecule has 26 heavy (non-hydrogen) atoms. The molecule has 5 nitrogen and oxygen atoms in total. The van der Waals surface area contributed by atoms with Crippen molar-refractivity contribution in [2.24, 2.45) is 5.92 Å². The Morgan fingerprint density at radius 1 is 1.23 bits per heavy atom. The molecule has 1 aliphatic rings. The first-order valence-electron chi connectivity index (χ1n) is 7.84. The molecule has 2 N–H and O–H groups in total. The monoisotopic (exact) mass is 385 g/mol. The van der Waals surface area contributed by atoms with Crippen molar-refractivity contribution in [3.63, 3.8) is 0 Å². The average Bonchev–Trinajstić information content (AvgIpc) is 2.51. The molecular formula is C15H17F6N3O2. The van der Waals surface area contributed by atoms with E-state index in [0.29, 0.717) is 18.4 Å². The van der Waals surface area contributed by atoms with Gasteiger partial charge in [0.05, 0.1) is 5.92 Å². The lowest BCUT2D eigenvalue weighted by Gasteiger charge is -2.31. The number of halogens is 6. The minimum atomic E-state index is -4.88. The number of nitrogens with zero attached hydrogens (tertiary/aromatic N) is 1. The van der Waals surface area contributed by atoms with E-state index < -0.39 is 36.4 Å². The Kier molecular flexibility index (Phi) is 6.19. The van der Waals surface area contributed by atoms with Crippen molar-refractivity contribution in [1.82, 2.24) is 15.6 Å². The summed E-state index contributed by atoms with van der Waals surface area (Å²) in [5.41, 5.74) is 0.297. The van der Waals surface area contributed by atoms with Gasteiger partial charge in [-0.3, -0.25) is 0 Å². The second-order valence-corrected chi connectivity index (χ2v) is 5.98. The van der Waals surface area contributed by atoms with Gasteiger partial charge in [0, 0.05) is 24.8 Å². The fraction of sp³-hybridized carbons (Fsp3) is 0.600. The van der Waals surface area contributed by atoms with E-state index in [0.717, 1.165) is 12.3 Å². The Bertz CT molecular complexity index is 620. The Morgan fingerprint density at radius 2 is 1.96 bits per heavy atom. The molecule has 1 aromatic heterocycles. The van der Waals surface area contributed by atoms with E-state index in [9.17, 15) is 31.1 Å². The molecule has 1 aromatic rings. The molecule has 0 bridgehead atoms. The molecule has 1 heterocycles. The molecule has 0 radical (unpaired) electrons. The van der Waals surface area contributed by atoms with Gasteiger partial charge in [-0.1, -0.05) is 6.42 Å². The van der Waals surface area contributed by atoms with E-state index in [1.54, 1.807) is 0 Å². The molecule has 0 saturated heterocycles. The molecular weight excluding hydrogens is 368 g/mol. The maximum absolute atomic E-state index is 12.8. The lowest BCUT2D eigenvalue weighted by Crippen LogP contribution is -2.45. The number of alkyl halides is 6. The summed E-state index contributed by atoms with van der Waals surface area (Å²) < 4.78 is 78.3. The van der Waals surface area contributed by atoms with Crippen LogP contribution in [0.4, 0.5) is 31.1 Å². The van der Waals surface area contributed by atoms with Crippen molar-refractivity contribution in [1.29, 1.82) is 0 Å². The zero-order valence-corrected chi connectivity index (χ0v) is 13.5. The highest BCUT2D eigenvalue weighted by atomic mass is 19.4. The minimum Gasteiger partial charge on any atom is -0.388 e. The first kappa shape index (κ1) is 20.1. The number of hydrogen-bond donors (Lipinski definition) is 2. The van der Waals surface area contributed by atoms with Crippen LogP contribution in [0, 0.1) is 5.92 Å². The molecule has 1 saturated carbocycles. The number of carbonyl (C=O) groups excluding carboxylic acids is 1. The molecule has 0 unspecified atom stereocenters. The number of ether oxygens (including phenoxy) is 1. The third-order valence-electron chi connectivity index (χ3n) is 3.94. The highest BCUT2D eigenvalue weighted by molar-refractivity contribution is 5.74. The number of aromatic nitrogens is 1. The van der Waals surface area contributed by atoms with Crippen LogP contribution in [0.2, 0.25) is 0 Å². The number of pyridine rings is 1. The van der Waals surface area contributed by atoms with Gasteiger partial charge < -0.3 is 15.4 Å². The van der Waals surface area contributed by atoms with Crippen molar-refractivity contribution in [3.05, 3.63) is 23.9 Å². The van der Waals surface area contributed by atoms with Crippen molar-refractivity contribution >= 4 is 6.03 Å². The van der Waals surface area contributed by atoms with Crippen LogP contribution in [-0.2, 0) is 6.54 Å². The largest absolute Gasteiger partial charge is 0.574 e. The van der Waals surface area contributed by atoms with Crippen molar-refractivity contribution in [3.8, 4) is 5.88 Å². The maximum atomic E-state index is 12.8. The van der Waals surface area contributed by atoms with Crippen molar-refractivity contribution in [2.75, 3.05) is 0 Å². The second kappa shape index (κ2) is 8.00. The summed E-state index contributed by atoms with van der Waals surface area (Å²) in [7, 11) is 0. The van der Waals surface area contributed by atoms with E-state index >= 15 is 0 Å². The molecule has 0 aromatic carbocycles. The number of nitrogens with one attached hydrogen (secondary N) is 2. The highest BCUT2D eigenvalue weighted by Crippen LogP contribution is 2.37. The van der Waals surface area contributed by atoms with Gasteiger partial charge in [0.15, 0.2) is 0 Å². The summed E-state index contributed by atoms with van der Waals surface area (Å²) >= 11 is 0. The number of carbonyl (C=O) groups is 1. The van der Waals surface area contributed by atoms with Crippen LogP contribution in [0.3, 0.4) is 0 Å². The Hall–Kier alpha value is -2.20. The third-order valence-corrected chi connectivity index (χ3v) is 3.94. The smallest absolute Gasteiger partial charge is 0.388 e. The predicted molar refractivity (Wildman–Crippen MR) is 78.1 cm³/mol. The lowest BCUT2D eigenvalue weighted by atomic mass is 9.85. The van der Waals surface area contributed by atoms with E-state index in [4.69, 9.17) is 0 Å². The van der Waals surface area contributed by atoms with E-state index in [2.05, 4.69) is 20.4 Å². The van der Waals surface area contributed by atoms with Crippen LogP contribution in [0.25, 0.3) is 0 Å². The van der Waals surface area contributed by atoms with E-state index in [1.165, 1.54) is 6.07 Å². The zero-order chi connectivity index (χ0) is 19.4. The minimum absolute atomic E-state index is 0.0439. The summed E-state index contributed by atoms with van der Waals surface area (Å²) in [5, 5.41) is 4.86. The highest BCUT2D eigenvalue weighted by Gasteiger charge is 2.42. The van der Waals surface area contributed by atoms with E-state index in [1.807, 2.05) is 0 Å². The Labute approximate surface area is 145 Å². The van der Waals surface area contributed by atoms with Gasteiger partial charge in [0.2, 0.25) is 5.88 Å². The average molecular weight is 385 g/mol. The van der Waals surface area contributed by atoms with Gasteiger partial charge in [-0.25, -0.2) is 9.78 Å². The lowest BCUT2D eigenvalue weighted by molar-refractivity contribution is -0.276. The molecule has 11 heteroatoms. The molecule has 1 aliphatic carbocycles. The summed E-state index contributed by atoms with van der Waals surface area (Å²) in [4.78, 5) is 15.2. The molecule has 2 rings (SSSR count). The normalized spacial score (nSPS) is 21.2. The maximum Gasteiger partial charge on any atom is 0.574 e. The first-order valence-corrected chi connectivity index (χ1v) is 7.84. The van der Waals surface area contributed by atoms with Crippen LogP contribution >= 0.6 is 0 Å².